The lowest BCUT2D eigenvalue weighted by Crippen LogP contribution is -2.44. The van der Waals surface area contributed by atoms with Crippen LogP contribution in [0.25, 0.3) is 0 Å². The van der Waals surface area contributed by atoms with Crippen LogP contribution in [0.3, 0.4) is 0 Å². The standard InChI is InChI=1S/C11H15NO4/c1-3-4-9(11(14)15)12-10(13)8-5-6-16-7(8)2/h1,7-9H,4-6H2,2H3,(H,12,13)(H,14,15). The maximum Gasteiger partial charge on any atom is 0.327 e. The molecule has 0 aromatic heterocycles. The highest BCUT2D eigenvalue weighted by molar-refractivity contribution is 5.85. The van der Waals surface area contributed by atoms with Crippen LogP contribution in [0.1, 0.15) is 19.8 Å². The van der Waals surface area contributed by atoms with Crippen molar-refractivity contribution < 1.29 is 19.4 Å². The second kappa shape index (κ2) is 5.52. The third-order valence-corrected chi connectivity index (χ3v) is 2.65. The molecule has 1 rings (SSSR count). The first-order valence-electron chi connectivity index (χ1n) is 5.14. The van der Waals surface area contributed by atoms with Crippen molar-refractivity contribution in [2.75, 3.05) is 6.61 Å². The van der Waals surface area contributed by atoms with Gasteiger partial charge in [0.05, 0.1) is 12.0 Å². The van der Waals surface area contributed by atoms with E-state index in [2.05, 4.69) is 11.2 Å². The first kappa shape index (κ1) is 12.5. The van der Waals surface area contributed by atoms with Gasteiger partial charge in [0, 0.05) is 13.0 Å². The maximum atomic E-state index is 11.7. The lowest BCUT2D eigenvalue weighted by Gasteiger charge is -2.17. The fourth-order valence-corrected chi connectivity index (χ4v) is 1.67. The SMILES string of the molecule is C#CCC(NC(=O)C1CCOC1C)C(=O)O. The van der Waals surface area contributed by atoms with Gasteiger partial charge in [-0.2, -0.15) is 0 Å². The first-order valence-corrected chi connectivity index (χ1v) is 5.14. The van der Waals surface area contributed by atoms with E-state index in [1.807, 2.05) is 0 Å². The number of terminal acetylenes is 1. The molecule has 1 aliphatic heterocycles. The molecule has 16 heavy (non-hydrogen) atoms. The fourth-order valence-electron chi connectivity index (χ4n) is 1.67. The molecule has 1 fully saturated rings. The molecule has 1 saturated heterocycles. The average Bonchev–Trinajstić information content (AvgIpc) is 2.63. The van der Waals surface area contributed by atoms with Crippen LogP contribution in [-0.2, 0) is 14.3 Å². The highest BCUT2D eigenvalue weighted by Crippen LogP contribution is 2.20. The molecule has 88 valence electrons. The van der Waals surface area contributed by atoms with Crippen LogP contribution < -0.4 is 5.32 Å². The number of carbonyl (C=O) groups excluding carboxylic acids is 1. The zero-order chi connectivity index (χ0) is 12.1. The Morgan fingerprint density at radius 2 is 2.38 bits per heavy atom. The van der Waals surface area contributed by atoms with Crippen LogP contribution in [0.5, 0.6) is 0 Å². The molecule has 5 nitrogen and oxygen atoms in total. The Bertz CT molecular complexity index is 320. The minimum Gasteiger partial charge on any atom is -0.480 e. The Morgan fingerprint density at radius 1 is 1.69 bits per heavy atom. The van der Waals surface area contributed by atoms with E-state index in [0.29, 0.717) is 13.0 Å². The molecule has 0 aliphatic carbocycles. The van der Waals surface area contributed by atoms with Gasteiger partial charge < -0.3 is 15.2 Å². The Balaban J connectivity index is 2.55. The summed E-state index contributed by atoms with van der Waals surface area (Å²) >= 11 is 0. The molecule has 0 bridgehead atoms. The summed E-state index contributed by atoms with van der Waals surface area (Å²) in [5.74, 6) is 0.540. The van der Waals surface area contributed by atoms with E-state index < -0.39 is 12.0 Å². The number of ether oxygens (including phenoxy) is 1. The number of carboxylic acid groups (broad SMARTS) is 1. The van der Waals surface area contributed by atoms with Crippen molar-refractivity contribution in [2.45, 2.75) is 31.9 Å². The summed E-state index contributed by atoms with van der Waals surface area (Å²) in [7, 11) is 0. The summed E-state index contributed by atoms with van der Waals surface area (Å²) in [5, 5.41) is 11.2. The summed E-state index contributed by atoms with van der Waals surface area (Å²) in [6.45, 7) is 2.33. The van der Waals surface area contributed by atoms with E-state index in [9.17, 15) is 9.59 Å². The number of nitrogens with one attached hydrogen (secondary N) is 1. The first-order chi connectivity index (χ1) is 7.56. The molecule has 5 heteroatoms. The highest BCUT2D eigenvalue weighted by atomic mass is 16.5. The summed E-state index contributed by atoms with van der Waals surface area (Å²) in [6.07, 6.45) is 5.48. The molecule has 0 aromatic rings. The molecule has 1 amide bonds. The van der Waals surface area contributed by atoms with Crippen LogP contribution >= 0.6 is 0 Å². The molecule has 0 saturated carbocycles. The number of amides is 1. The van der Waals surface area contributed by atoms with Gasteiger partial charge in [-0.15, -0.1) is 12.3 Å². The van der Waals surface area contributed by atoms with Crippen LogP contribution in [0.4, 0.5) is 0 Å². The Hall–Kier alpha value is -1.54. The van der Waals surface area contributed by atoms with Gasteiger partial charge in [-0.3, -0.25) is 4.79 Å². The molecule has 0 aromatic carbocycles. The average molecular weight is 225 g/mol. The molecule has 0 spiro atoms. The number of carbonyl (C=O) groups is 2. The van der Waals surface area contributed by atoms with Gasteiger partial charge in [0.1, 0.15) is 6.04 Å². The minimum absolute atomic E-state index is 0.0109. The second-order valence-corrected chi connectivity index (χ2v) is 3.78. The van der Waals surface area contributed by atoms with E-state index in [1.54, 1.807) is 6.92 Å². The Kier molecular flexibility index (Phi) is 4.32. The van der Waals surface area contributed by atoms with Crippen molar-refractivity contribution in [1.29, 1.82) is 0 Å². The number of hydrogen-bond donors (Lipinski definition) is 2. The maximum absolute atomic E-state index is 11.7. The van der Waals surface area contributed by atoms with Crippen LogP contribution in [-0.4, -0.2) is 35.7 Å². The second-order valence-electron chi connectivity index (χ2n) is 3.78. The van der Waals surface area contributed by atoms with Gasteiger partial charge in [-0.05, 0) is 13.3 Å². The predicted octanol–water partition coefficient (Wildman–Crippen LogP) is 0.00410. The van der Waals surface area contributed by atoms with Crippen LogP contribution in [0.2, 0.25) is 0 Å². The van der Waals surface area contributed by atoms with E-state index in [1.165, 1.54) is 0 Å². The van der Waals surface area contributed by atoms with Crippen LogP contribution in [0, 0.1) is 18.3 Å². The zero-order valence-electron chi connectivity index (χ0n) is 9.10. The molecule has 1 aliphatic rings. The van der Waals surface area contributed by atoms with Crippen molar-refractivity contribution in [3.8, 4) is 12.3 Å². The summed E-state index contributed by atoms with van der Waals surface area (Å²) in [6, 6.07) is -1.01. The lowest BCUT2D eigenvalue weighted by atomic mass is 10.0. The molecule has 3 atom stereocenters. The monoisotopic (exact) mass is 225 g/mol. The Morgan fingerprint density at radius 3 is 2.81 bits per heavy atom. The summed E-state index contributed by atoms with van der Waals surface area (Å²) < 4.78 is 5.24. The highest BCUT2D eigenvalue weighted by Gasteiger charge is 2.32. The van der Waals surface area contributed by atoms with Crippen molar-refractivity contribution >= 4 is 11.9 Å². The summed E-state index contributed by atoms with van der Waals surface area (Å²) in [5.41, 5.74) is 0. The van der Waals surface area contributed by atoms with Gasteiger partial charge in [0.2, 0.25) is 5.91 Å². The number of hydrogen-bond acceptors (Lipinski definition) is 3. The molecule has 2 N–H and O–H groups in total. The van der Waals surface area contributed by atoms with Gasteiger partial charge in [-0.1, -0.05) is 0 Å². The molecule has 3 unspecified atom stereocenters. The van der Waals surface area contributed by atoms with E-state index in [-0.39, 0.29) is 24.3 Å². The molecular formula is C11H15NO4. The number of aliphatic carboxylic acids is 1. The molecule has 1 heterocycles. The van der Waals surface area contributed by atoms with Gasteiger partial charge >= 0.3 is 5.97 Å². The van der Waals surface area contributed by atoms with Gasteiger partial charge in [0.15, 0.2) is 0 Å². The normalized spacial score (nSPS) is 25.8. The van der Waals surface area contributed by atoms with E-state index >= 15 is 0 Å². The predicted molar refractivity (Wildman–Crippen MR) is 56.5 cm³/mol. The Labute approximate surface area is 94.2 Å². The van der Waals surface area contributed by atoms with Crippen LogP contribution in [0.15, 0.2) is 0 Å². The third-order valence-electron chi connectivity index (χ3n) is 2.65. The van der Waals surface area contributed by atoms with Crippen molar-refractivity contribution in [2.24, 2.45) is 5.92 Å². The summed E-state index contributed by atoms with van der Waals surface area (Å²) in [4.78, 5) is 22.5. The van der Waals surface area contributed by atoms with E-state index in [0.717, 1.165) is 0 Å². The largest absolute Gasteiger partial charge is 0.480 e. The van der Waals surface area contributed by atoms with Crippen molar-refractivity contribution in [3.63, 3.8) is 0 Å². The number of carboxylic acids is 1. The number of rotatable bonds is 4. The smallest absolute Gasteiger partial charge is 0.327 e. The lowest BCUT2D eigenvalue weighted by molar-refractivity contribution is -0.142. The topological polar surface area (TPSA) is 75.6 Å². The van der Waals surface area contributed by atoms with E-state index in [4.69, 9.17) is 16.3 Å². The van der Waals surface area contributed by atoms with Gasteiger partial charge in [-0.25, -0.2) is 4.79 Å². The fraction of sp³-hybridized carbons (Fsp3) is 0.636. The quantitative estimate of drug-likeness (QED) is 0.660. The van der Waals surface area contributed by atoms with Crippen molar-refractivity contribution in [3.05, 3.63) is 0 Å². The van der Waals surface area contributed by atoms with Crippen molar-refractivity contribution in [1.82, 2.24) is 5.32 Å². The molecular weight excluding hydrogens is 210 g/mol. The van der Waals surface area contributed by atoms with Gasteiger partial charge in [0.25, 0.3) is 0 Å². The zero-order valence-corrected chi connectivity index (χ0v) is 9.10. The third kappa shape index (κ3) is 2.97. The molecule has 0 radical (unpaired) electrons. The minimum atomic E-state index is -1.11.